The van der Waals surface area contributed by atoms with Crippen LogP contribution in [0.15, 0.2) is 112 Å². The van der Waals surface area contributed by atoms with Gasteiger partial charge in [-0.25, -0.2) is 26.4 Å². The number of aliphatic imine (C=N–C) groups is 1. The van der Waals surface area contributed by atoms with E-state index in [0.717, 1.165) is 31.4 Å². The molecule has 2 heterocycles. The number of amides is 2. The topological polar surface area (TPSA) is 258 Å². The fourth-order valence-electron chi connectivity index (χ4n) is 5.83. The van der Waals surface area contributed by atoms with Crippen molar-refractivity contribution in [1.29, 1.82) is 0 Å². The first kappa shape index (κ1) is 49.7. The Labute approximate surface area is 348 Å². The van der Waals surface area contributed by atoms with Crippen LogP contribution in [-0.4, -0.2) is 89.3 Å². The molecule has 4 aromatic rings. The molecule has 6 rings (SSSR count). The molecule has 2 fully saturated rings. The van der Waals surface area contributed by atoms with E-state index in [-0.39, 0.29) is 29.3 Å². The maximum atomic E-state index is 12.7. The van der Waals surface area contributed by atoms with Gasteiger partial charge < -0.3 is 25.8 Å². The van der Waals surface area contributed by atoms with Gasteiger partial charge in [0.25, 0.3) is 0 Å². The third-order valence-electron chi connectivity index (χ3n) is 8.78. The molecule has 320 valence electrons. The Morgan fingerprint density at radius 3 is 1.32 bits per heavy atom. The minimum atomic E-state index is -3.50. The summed E-state index contributed by atoms with van der Waals surface area (Å²) in [6, 6.07) is 26.1. The molecule has 0 radical (unpaired) electrons. The number of hydrogen-bond donors (Lipinski definition) is 3. The number of nitrogens with one attached hydrogen (secondary N) is 2. The van der Waals surface area contributed by atoms with Gasteiger partial charge in [0.15, 0.2) is 0 Å². The Morgan fingerprint density at radius 1 is 0.633 bits per heavy atom. The zero-order valence-electron chi connectivity index (χ0n) is 33.3. The van der Waals surface area contributed by atoms with Crippen molar-refractivity contribution in [3.05, 3.63) is 97.1 Å². The molecule has 0 bridgehead atoms. The summed E-state index contributed by atoms with van der Waals surface area (Å²) in [5.41, 5.74) is 7.83. The highest BCUT2D eigenvalue weighted by molar-refractivity contribution is 7.89. The highest BCUT2D eigenvalue weighted by Crippen LogP contribution is 2.28. The van der Waals surface area contributed by atoms with Crippen LogP contribution in [0, 0.1) is 0 Å². The molecule has 4 aromatic carbocycles. The van der Waals surface area contributed by atoms with Crippen molar-refractivity contribution in [3.8, 4) is 11.5 Å². The predicted molar refractivity (Wildman–Crippen MR) is 219 cm³/mol. The lowest BCUT2D eigenvalue weighted by Crippen LogP contribution is -2.33. The minimum Gasteiger partial charge on any atom is -0.497 e. The molecule has 0 spiro atoms. The number of ether oxygens (including phenoxy) is 2. The van der Waals surface area contributed by atoms with Crippen molar-refractivity contribution >= 4 is 67.2 Å². The molecule has 20 heteroatoms. The summed E-state index contributed by atoms with van der Waals surface area (Å²) in [7, 11) is -3.67. The van der Waals surface area contributed by atoms with Gasteiger partial charge in [-0.3, -0.25) is 0 Å². The third kappa shape index (κ3) is 15.4. The fraction of sp³-hybridized carbons (Fsp3) is 0.300. The standard InChI is InChI=1S/C19H23N3O4S.C11H16N2O2S.C8H7NO2.2CO2/c1-14-4-3-13-22(14)27(24,25)18-11-7-16(8-12-18)21-19(23)20-15-5-9-17(26-2)10-6-15;1-9-3-2-8-13(9)16(14,15)11-6-4-10(12)5-7-11;1-11-8-4-2-7(3-5-8)9-6-10;2*2-1-3/h5-12,14H,3-4,13H2,1-2H3,(H2,20,21,23);4-7,9H,2-3,8,12H2,1H3;2-5H,1H3;;/t14-;9-;;;/m11.../s1. The average Bonchev–Trinajstić information content (AvgIpc) is 3.88. The molecule has 2 saturated heterocycles. The molecule has 0 aromatic heterocycles. The van der Waals surface area contributed by atoms with E-state index in [4.69, 9.17) is 34.4 Å². The predicted octanol–water partition coefficient (Wildman–Crippen LogP) is 5.45. The number of sulfonamides is 2. The van der Waals surface area contributed by atoms with E-state index in [1.807, 2.05) is 13.8 Å². The van der Waals surface area contributed by atoms with Crippen LogP contribution in [0.5, 0.6) is 11.5 Å². The number of nitrogens with two attached hydrogens (primary N) is 1. The number of nitrogens with zero attached hydrogens (tertiary/aromatic N) is 3. The molecule has 2 amide bonds. The lowest BCUT2D eigenvalue weighted by Gasteiger charge is -2.21. The maximum absolute atomic E-state index is 12.7. The first-order valence-corrected chi connectivity index (χ1v) is 20.9. The van der Waals surface area contributed by atoms with Gasteiger partial charge in [-0.2, -0.15) is 32.8 Å². The summed E-state index contributed by atoms with van der Waals surface area (Å²) in [5, 5.41) is 5.39. The first-order valence-electron chi connectivity index (χ1n) is 18.0. The van der Waals surface area contributed by atoms with Gasteiger partial charge in [0.2, 0.25) is 26.1 Å². The molecule has 0 unspecified atom stereocenters. The van der Waals surface area contributed by atoms with Crippen LogP contribution >= 0.6 is 0 Å². The SMILES string of the molecule is COc1ccc(N=C=O)cc1.COc1ccc(NC(=O)Nc2ccc(S(=O)(=O)N3CCC[C@H]3C)cc2)cc1.C[C@@H]1CCCN1S(=O)(=O)c1ccc(N)cc1.O=C=O.O=C=O. The highest BCUT2D eigenvalue weighted by atomic mass is 32.2. The fourth-order valence-corrected chi connectivity index (χ4v) is 9.22. The Balaban J connectivity index is 0.000000317. The molecule has 2 aliphatic heterocycles. The number of isocyanates is 1. The van der Waals surface area contributed by atoms with Crippen LogP contribution < -0.4 is 25.8 Å². The second-order valence-corrected chi connectivity index (χ2v) is 16.5. The van der Waals surface area contributed by atoms with Crippen LogP contribution in [0.1, 0.15) is 39.5 Å². The number of benzene rings is 4. The molecule has 2 atom stereocenters. The monoisotopic (exact) mass is 866 g/mol. The second kappa shape index (κ2) is 25.1. The Kier molecular flexibility index (Phi) is 20.8. The second-order valence-electron chi connectivity index (χ2n) is 12.7. The van der Waals surface area contributed by atoms with Gasteiger partial charge in [0.1, 0.15) is 11.5 Å². The molecule has 0 saturated carbocycles. The van der Waals surface area contributed by atoms with E-state index < -0.39 is 26.1 Å². The van der Waals surface area contributed by atoms with Crippen molar-refractivity contribution in [2.24, 2.45) is 4.99 Å². The van der Waals surface area contributed by atoms with E-state index in [0.29, 0.717) is 46.5 Å². The third-order valence-corrected chi connectivity index (χ3v) is 12.8. The van der Waals surface area contributed by atoms with Crippen LogP contribution in [0.2, 0.25) is 0 Å². The summed E-state index contributed by atoms with van der Waals surface area (Å²) in [4.78, 5) is 58.4. The minimum absolute atomic E-state index is 0.0167. The molecule has 18 nitrogen and oxygen atoms in total. The van der Waals surface area contributed by atoms with Gasteiger partial charge >= 0.3 is 18.3 Å². The molecule has 4 N–H and O–H groups in total. The van der Waals surface area contributed by atoms with Gasteiger partial charge in [-0.05, 0) is 137 Å². The normalized spacial score (nSPS) is 15.7. The van der Waals surface area contributed by atoms with Gasteiger partial charge in [0, 0.05) is 42.2 Å². The van der Waals surface area contributed by atoms with Crippen molar-refractivity contribution in [2.75, 3.05) is 43.7 Å². The summed E-state index contributed by atoms with van der Waals surface area (Å²) >= 11 is 0. The number of nitrogen functional groups attached to an aromatic ring is 1. The molecule has 2 aliphatic rings. The maximum Gasteiger partial charge on any atom is 0.373 e. The van der Waals surface area contributed by atoms with Gasteiger partial charge in [0.05, 0.1) is 29.7 Å². The Bertz CT molecular complexity index is 2280. The molecular weight excluding hydrogens is 821 g/mol. The summed E-state index contributed by atoms with van der Waals surface area (Å²) < 4.78 is 62.9. The Hall–Kier alpha value is -6.49. The lowest BCUT2D eigenvalue weighted by molar-refractivity contribution is -0.193. The largest absolute Gasteiger partial charge is 0.497 e. The van der Waals surface area contributed by atoms with Gasteiger partial charge in [-0.1, -0.05) is 0 Å². The van der Waals surface area contributed by atoms with E-state index in [1.165, 1.54) is 22.5 Å². The number of carbonyl (C=O) groups excluding carboxylic acids is 6. The van der Waals surface area contributed by atoms with E-state index in [9.17, 15) is 26.4 Å². The lowest BCUT2D eigenvalue weighted by atomic mass is 10.3. The first-order chi connectivity index (χ1) is 28.6. The number of urea groups is 1. The van der Waals surface area contributed by atoms with Gasteiger partial charge in [-0.15, -0.1) is 0 Å². The summed E-state index contributed by atoms with van der Waals surface area (Å²) in [6.07, 6.45) is 5.59. The van der Waals surface area contributed by atoms with Crippen molar-refractivity contribution in [2.45, 2.75) is 61.4 Å². The number of rotatable bonds is 9. The van der Waals surface area contributed by atoms with E-state index in [1.54, 1.807) is 103 Å². The molecule has 0 aliphatic carbocycles. The quantitative estimate of drug-likeness (QED) is 0.108. The van der Waals surface area contributed by atoms with Crippen molar-refractivity contribution < 1.29 is 55.1 Å². The van der Waals surface area contributed by atoms with Crippen LogP contribution in [0.25, 0.3) is 0 Å². The number of anilines is 3. The van der Waals surface area contributed by atoms with Crippen LogP contribution in [-0.2, 0) is 44.0 Å². The summed E-state index contributed by atoms with van der Waals surface area (Å²) in [5.74, 6) is 1.44. The smallest absolute Gasteiger partial charge is 0.373 e. The zero-order chi connectivity index (χ0) is 44.7. The van der Waals surface area contributed by atoms with Crippen LogP contribution in [0.3, 0.4) is 0 Å². The molecular formula is C40H46N6O12S2. The average molecular weight is 867 g/mol. The molecule has 60 heavy (non-hydrogen) atoms. The highest BCUT2D eigenvalue weighted by Gasteiger charge is 2.33. The zero-order valence-corrected chi connectivity index (χ0v) is 34.9. The number of hydrogen-bond acceptors (Lipinski definition) is 14. The van der Waals surface area contributed by atoms with E-state index >= 15 is 0 Å². The van der Waals surface area contributed by atoms with Crippen molar-refractivity contribution in [1.82, 2.24) is 8.61 Å². The van der Waals surface area contributed by atoms with Crippen LogP contribution in [0.4, 0.5) is 27.5 Å². The summed E-state index contributed by atoms with van der Waals surface area (Å²) in [6.45, 7) is 5.04. The van der Waals surface area contributed by atoms with Crippen molar-refractivity contribution in [3.63, 3.8) is 0 Å². The number of carbonyl (C=O) groups is 1. The Morgan fingerprint density at radius 2 is 0.983 bits per heavy atom. The van der Waals surface area contributed by atoms with E-state index in [2.05, 4.69) is 15.6 Å². The number of methoxy groups -OCH3 is 2.